The van der Waals surface area contributed by atoms with Crippen LogP contribution in [-0.4, -0.2) is 44.6 Å². The lowest BCUT2D eigenvalue weighted by molar-refractivity contribution is 0.659. The van der Waals surface area contributed by atoms with Gasteiger partial charge in [0.15, 0.2) is 0 Å². The van der Waals surface area contributed by atoms with Gasteiger partial charge in [-0.05, 0) is 19.8 Å². The predicted octanol–water partition coefficient (Wildman–Crippen LogP) is 0.549. The second kappa shape index (κ2) is 5.25. The molecule has 3 rings (SSSR count). The first-order valence-corrected chi connectivity index (χ1v) is 8.49. The molecule has 2 aliphatic rings. The Bertz CT molecular complexity index is 485. The van der Waals surface area contributed by atoms with E-state index in [4.69, 9.17) is 0 Å². The minimum atomic E-state index is -0.629. The van der Waals surface area contributed by atoms with Crippen molar-refractivity contribution >= 4 is 16.6 Å². The molecule has 2 fully saturated rings. The Kier molecular flexibility index (Phi) is 3.62. The number of hydrogen-bond acceptors (Lipinski definition) is 4. The van der Waals surface area contributed by atoms with Crippen LogP contribution in [0.25, 0.3) is 0 Å². The number of aromatic nitrogens is 2. The quantitative estimate of drug-likeness (QED) is 0.876. The molecule has 0 bridgehead atoms. The number of nitrogens with zero attached hydrogens (tertiary/aromatic N) is 3. The number of hydrogen-bond donors (Lipinski definition) is 1. The van der Waals surface area contributed by atoms with E-state index >= 15 is 0 Å². The summed E-state index contributed by atoms with van der Waals surface area (Å²) in [6.45, 7) is 4.73. The standard InChI is InChI=1S/C13H22N4OS/c1-10-12(9-14-11-3-4-11)13(16(2)15-10)17-5-7-19(18)8-6-17/h11,14H,3-9H2,1-2H3. The zero-order chi connectivity index (χ0) is 13.4. The van der Waals surface area contributed by atoms with Crippen LogP contribution in [0, 0.1) is 6.92 Å². The van der Waals surface area contributed by atoms with Crippen LogP contribution in [0.3, 0.4) is 0 Å². The van der Waals surface area contributed by atoms with Crippen molar-refractivity contribution in [1.82, 2.24) is 15.1 Å². The van der Waals surface area contributed by atoms with E-state index in [0.29, 0.717) is 6.04 Å². The predicted molar refractivity (Wildman–Crippen MR) is 77.9 cm³/mol. The molecule has 1 aromatic rings. The highest BCUT2D eigenvalue weighted by Gasteiger charge is 2.25. The Hall–Kier alpha value is -0.880. The van der Waals surface area contributed by atoms with Gasteiger partial charge in [-0.25, -0.2) is 0 Å². The summed E-state index contributed by atoms with van der Waals surface area (Å²) in [4.78, 5) is 2.34. The molecule has 0 aromatic carbocycles. The smallest absolute Gasteiger partial charge is 0.131 e. The van der Waals surface area contributed by atoms with Gasteiger partial charge in [0.2, 0.25) is 0 Å². The highest BCUT2D eigenvalue weighted by atomic mass is 32.2. The summed E-state index contributed by atoms with van der Waals surface area (Å²) < 4.78 is 13.5. The van der Waals surface area contributed by atoms with Crippen molar-refractivity contribution in [2.24, 2.45) is 7.05 Å². The van der Waals surface area contributed by atoms with E-state index in [1.165, 1.54) is 24.2 Å². The molecule has 1 aliphatic carbocycles. The molecule has 2 heterocycles. The van der Waals surface area contributed by atoms with Crippen LogP contribution in [-0.2, 0) is 24.4 Å². The molecular formula is C13H22N4OS. The maximum atomic E-state index is 11.5. The number of nitrogens with one attached hydrogen (secondary N) is 1. The van der Waals surface area contributed by atoms with Crippen LogP contribution in [0.15, 0.2) is 0 Å². The Balaban J connectivity index is 1.79. The van der Waals surface area contributed by atoms with E-state index in [1.807, 2.05) is 11.7 Å². The fourth-order valence-electron chi connectivity index (χ4n) is 2.68. The van der Waals surface area contributed by atoms with Crippen molar-refractivity contribution in [2.45, 2.75) is 32.4 Å². The third-order valence-corrected chi connectivity index (χ3v) is 5.21. The third-order valence-electron chi connectivity index (χ3n) is 3.94. The lowest BCUT2D eigenvalue weighted by Crippen LogP contribution is -2.39. The third kappa shape index (κ3) is 2.84. The fraction of sp³-hybridized carbons (Fsp3) is 0.769. The van der Waals surface area contributed by atoms with Crippen molar-refractivity contribution in [3.8, 4) is 0 Å². The lowest BCUT2D eigenvalue weighted by Gasteiger charge is -2.29. The van der Waals surface area contributed by atoms with Crippen molar-refractivity contribution in [3.05, 3.63) is 11.3 Å². The molecule has 0 amide bonds. The van der Waals surface area contributed by atoms with Gasteiger partial charge < -0.3 is 10.2 Å². The molecule has 1 saturated heterocycles. The van der Waals surface area contributed by atoms with E-state index in [9.17, 15) is 4.21 Å². The summed E-state index contributed by atoms with van der Waals surface area (Å²) in [5.74, 6) is 2.77. The highest BCUT2D eigenvalue weighted by molar-refractivity contribution is 7.85. The Morgan fingerprint density at radius 2 is 2.05 bits per heavy atom. The summed E-state index contributed by atoms with van der Waals surface area (Å²) in [6, 6.07) is 0.710. The molecule has 5 nitrogen and oxygen atoms in total. The molecule has 19 heavy (non-hydrogen) atoms. The van der Waals surface area contributed by atoms with Gasteiger partial charge >= 0.3 is 0 Å². The van der Waals surface area contributed by atoms with Crippen LogP contribution in [0.1, 0.15) is 24.1 Å². The maximum absolute atomic E-state index is 11.5. The molecule has 0 atom stereocenters. The summed E-state index contributed by atoms with van der Waals surface area (Å²) in [6.07, 6.45) is 2.61. The summed E-state index contributed by atoms with van der Waals surface area (Å²) in [7, 11) is 1.38. The second-order valence-corrected chi connectivity index (χ2v) is 7.20. The van der Waals surface area contributed by atoms with Crippen LogP contribution < -0.4 is 10.2 Å². The van der Waals surface area contributed by atoms with Gasteiger partial charge in [-0.15, -0.1) is 0 Å². The van der Waals surface area contributed by atoms with E-state index in [-0.39, 0.29) is 0 Å². The van der Waals surface area contributed by atoms with Gasteiger partial charge in [-0.3, -0.25) is 8.89 Å². The molecule has 106 valence electrons. The summed E-state index contributed by atoms with van der Waals surface area (Å²) in [5, 5.41) is 8.14. The zero-order valence-corrected chi connectivity index (χ0v) is 12.5. The summed E-state index contributed by atoms with van der Waals surface area (Å²) in [5.41, 5.74) is 2.42. The Morgan fingerprint density at radius 1 is 1.37 bits per heavy atom. The monoisotopic (exact) mass is 282 g/mol. The Morgan fingerprint density at radius 3 is 2.68 bits per heavy atom. The van der Waals surface area contributed by atoms with Gasteiger partial charge in [0.05, 0.1) is 5.69 Å². The van der Waals surface area contributed by atoms with Crippen molar-refractivity contribution in [2.75, 3.05) is 29.5 Å². The zero-order valence-electron chi connectivity index (χ0n) is 11.7. The molecule has 1 aliphatic heterocycles. The average Bonchev–Trinajstić information content (AvgIpc) is 3.15. The van der Waals surface area contributed by atoms with Crippen molar-refractivity contribution in [3.63, 3.8) is 0 Å². The van der Waals surface area contributed by atoms with Gasteiger partial charge in [-0.1, -0.05) is 0 Å². The van der Waals surface area contributed by atoms with Crippen LogP contribution in [0.2, 0.25) is 0 Å². The molecule has 0 spiro atoms. The topological polar surface area (TPSA) is 50.2 Å². The molecule has 0 radical (unpaired) electrons. The van der Waals surface area contributed by atoms with Gasteiger partial charge in [0.1, 0.15) is 5.82 Å². The lowest BCUT2D eigenvalue weighted by atomic mass is 10.2. The SMILES string of the molecule is Cc1nn(C)c(N2CCS(=O)CC2)c1CNC1CC1. The van der Waals surface area contributed by atoms with Crippen molar-refractivity contribution in [1.29, 1.82) is 0 Å². The van der Waals surface area contributed by atoms with Crippen LogP contribution >= 0.6 is 0 Å². The number of aryl methyl sites for hydroxylation is 2. The first kappa shape index (κ1) is 13.1. The number of rotatable bonds is 4. The summed E-state index contributed by atoms with van der Waals surface area (Å²) >= 11 is 0. The minimum absolute atomic E-state index is 0.629. The molecule has 0 unspecified atom stereocenters. The van der Waals surface area contributed by atoms with Gasteiger partial charge in [-0.2, -0.15) is 5.10 Å². The highest BCUT2D eigenvalue weighted by Crippen LogP contribution is 2.26. The van der Waals surface area contributed by atoms with Crippen LogP contribution in [0.5, 0.6) is 0 Å². The molecule has 1 aromatic heterocycles. The van der Waals surface area contributed by atoms with E-state index in [2.05, 4.69) is 22.2 Å². The molecule has 1 N–H and O–H groups in total. The average molecular weight is 282 g/mol. The van der Waals surface area contributed by atoms with Crippen LogP contribution in [0.4, 0.5) is 5.82 Å². The molecular weight excluding hydrogens is 260 g/mol. The van der Waals surface area contributed by atoms with E-state index in [1.54, 1.807) is 0 Å². The molecule has 6 heteroatoms. The van der Waals surface area contributed by atoms with Gasteiger partial charge in [0.25, 0.3) is 0 Å². The first-order valence-electron chi connectivity index (χ1n) is 7.01. The first-order chi connectivity index (χ1) is 9.15. The Labute approximate surface area is 116 Å². The maximum Gasteiger partial charge on any atom is 0.131 e. The van der Waals surface area contributed by atoms with Gasteiger partial charge in [0, 0.05) is 60.6 Å². The number of anilines is 1. The minimum Gasteiger partial charge on any atom is -0.355 e. The van der Waals surface area contributed by atoms with Crippen molar-refractivity contribution < 1.29 is 4.21 Å². The van der Waals surface area contributed by atoms with E-state index in [0.717, 1.165) is 36.8 Å². The normalized spacial score (nSPS) is 21.1. The second-order valence-electron chi connectivity index (χ2n) is 5.50. The largest absolute Gasteiger partial charge is 0.355 e. The van der Waals surface area contributed by atoms with E-state index < -0.39 is 10.8 Å². The molecule has 1 saturated carbocycles. The fourth-order valence-corrected chi connectivity index (χ4v) is 3.73.